The van der Waals surface area contributed by atoms with Crippen molar-refractivity contribution < 1.29 is 9.53 Å². The normalized spacial score (nSPS) is 11.9. The zero-order chi connectivity index (χ0) is 13.7. The molecular weight excluding hydrogens is 304 g/mol. The minimum absolute atomic E-state index is 0.0195. The van der Waals surface area contributed by atoms with Crippen molar-refractivity contribution in [1.29, 1.82) is 0 Å². The van der Waals surface area contributed by atoms with Crippen LogP contribution in [0.2, 0.25) is 0 Å². The Hall–Kier alpha value is -1.61. The summed E-state index contributed by atoms with van der Waals surface area (Å²) >= 11 is 3.37. The molecule has 98 valence electrons. The molecule has 0 N–H and O–H groups in total. The lowest BCUT2D eigenvalue weighted by Crippen LogP contribution is -2.26. The third-order valence-electron chi connectivity index (χ3n) is 2.81. The summed E-state index contributed by atoms with van der Waals surface area (Å²) in [5, 5.41) is 0. The Morgan fingerprint density at radius 3 is 2.32 bits per heavy atom. The van der Waals surface area contributed by atoms with Gasteiger partial charge in [0.05, 0.1) is 0 Å². The summed E-state index contributed by atoms with van der Waals surface area (Å²) < 4.78 is 6.75. The molecule has 2 nitrogen and oxygen atoms in total. The number of carbonyl (C=O) groups excluding carboxylic acids is 1. The molecule has 0 radical (unpaired) electrons. The number of ketones is 1. The molecule has 2 aromatic carbocycles. The standard InChI is InChI=1S/C16H15BrO2/c1-2-15(16(18)12-6-4-3-5-7-12)19-14-10-8-13(17)9-11-14/h3-11,15H,2H2,1H3. The minimum Gasteiger partial charge on any atom is -0.482 e. The fourth-order valence-corrected chi connectivity index (χ4v) is 2.05. The molecule has 0 spiro atoms. The van der Waals surface area contributed by atoms with Crippen LogP contribution < -0.4 is 4.74 Å². The van der Waals surface area contributed by atoms with E-state index in [1.807, 2.05) is 61.5 Å². The highest BCUT2D eigenvalue weighted by Gasteiger charge is 2.19. The van der Waals surface area contributed by atoms with Gasteiger partial charge in [-0.1, -0.05) is 53.2 Å². The first-order valence-corrected chi connectivity index (χ1v) is 7.01. The van der Waals surface area contributed by atoms with Crippen LogP contribution >= 0.6 is 15.9 Å². The molecule has 1 atom stereocenters. The SMILES string of the molecule is CCC(Oc1ccc(Br)cc1)C(=O)c1ccccc1. The minimum atomic E-state index is -0.441. The first-order valence-electron chi connectivity index (χ1n) is 6.22. The highest BCUT2D eigenvalue weighted by Crippen LogP contribution is 2.19. The average Bonchev–Trinajstić information content (AvgIpc) is 2.47. The number of benzene rings is 2. The summed E-state index contributed by atoms with van der Waals surface area (Å²) in [6.45, 7) is 1.95. The largest absolute Gasteiger partial charge is 0.482 e. The first-order chi connectivity index (χ1) is 9.20. The fourth-order valence-electron chi connectivity index (χ4n) is 1.79. The highest BCUT2D eigenvalue weighted by atomic mass is 79.9. The molecule has 0 heterocycles. The molecule has 0 aliphatic rings. The van der Waals surface area contributed by atoms with Gasteiger partial charge in [-0.25, -0.2) is 0 Å². The van der Waals surface area contributed by atoms with Crippen LogP contribution in [0.3, 0.4) is 0 Å². The smallest absolute Gasteiger partial charge is 0.203 e. The molecule has 1 unspecified atom stereocenters. The van der Waals surface area contributed by atoms with Gasteiger partial charge in [-0.15, -0.1) is 0 Å². The van der Waals surface area contributed by atoms with E-state index < -0.39 is 6.10 Å². The number of hydrogen-bond donors (Lipinski definition) is 0. The van der Waals surface area contributed by atoms with E-state index in [2.05, 4.69) is 15.9 Å². The van der Waals surface area contributed by atoms with E-state index in [-0.39, 0.29) is 5.78 Å². The predicted octanol–water partition coefficient (Wildman–Crippen LogP) is 4.49. The molecule has 2 aromatic rings. The van der Waals surface area contributed by atoms with Gasteiger partial charge in [-0.05, 0) is 30.7 Å². The second kappa shape index (κ2) is 6.53. The van der Waals surface area contributed by atoms with Gasteiger partial charge in [0.15, 0.2) is 6.10 Å². The van der Waals surface area contributed by atoms with E-state index >= 15 is 0 Å². The number of carbonyl (C=O) groups is 1. The van der Waals surface area contributed by atoms with Crippen LogP contribution in [0.4, 0.5) is 0 Å². The number of halogens is 1. The molecule has 0 bridgehead atoms. The van der Waals surface area contributed by atoms with Gasteiger partial charge in [0.2, 0.25) is 5.78 Å². The Kier molecular flexibility index (Phi) is 4.74. The van der Waals surface area contributed by atoms with E-state index in [0.717, 1.165) is 4.47 Å². The highest BCUT2D eigenvalue weighted by molar-refractivity contribution is 9.10. The number of ether oxygens (including phenoxy) is 1. The van der Waals surface area contributed by atoms with E-state index in [1.165, 1.54) is 0 Å². The number of rotatable bonds is 5. The van der Waals surface area contributed by atoms with Gasteiger partial charge in [0.1, 0.15) is 5.75 Å². The topological polar surface area (TPSA) is 26.3 Å². The zero-order valence-electron chi connectivity index (χ0n) is 10.7. The van der Waals surface area contributed by atoms with E-state index in [4.69, 9.17) is 4.74 Å². The fraction of sp³-hybridized carbons (Fsp3) is 0.188. The number of Topliss-reactive ketones (excluding diaryl/α,β-unsaturated/α-hetero) is 1. The molecule has 0 saturated heterocycles. The maximum atomic E-state index is 12.3. The van der Waals surface area contributed by atoms with E-state index in [9.17, 15) is 4.79 Å². The summed E-state index contributed by atoms with van der Waals surface area (Å²) in [6, 6.07) is 16.7. The van der Waals surface area contributed by atoms with Gasteiger partial charge in [0, 0.05) is 10.0 Å². The average molecular weight is 319 g/mol. The zero-order valence-corrected chi connectivity index (χ0v) is 12.3. The van der Waals surface area contributed by atoms with Crippen molar-refractivity contribution in [3.8, 4) is 5.75 Å². The molecule has 19 heavy (non-hydrogen) atoms. The summed E-state index contributed by atoms with van der Waals surface area (Å²) in [6.07, 6.45) is 0.202. The Balaban J connectivity index is 2.12. The summed E-state index contributed by atoms with van der Waals surface area (Å²) in [4.78, 5) is 12.3. The van der Waals surface area contributed by atoms with E-state index in [0.29, 0.717) is 17.7 Å². The van der Waals surface area contributed by atoms with Crippen LogP contribution in [0.5, 0.6) is 5.75 Å². The van der Waals surface area contributed by atoms with E-state index in [1.54, 1.807) is 0 Å². The van der Waals surface area contributed by atoms with Crippen LogP contribution in [0.15, 0.2) is 59.1 Å². The molecule has 0 fully saturated rings. The van der Waals surface area contributed by atoms with Crippen LogP contribution in [-0.2, 0) is 0 Å². The number of hydrogen-bond acceptors (Lipinski definition) is 2. The second-order valence-electron chi connectivity index (χ2n) is 4.20. The molecule has 0 amide bonds. The third kappa shape index (κ3) is 3.67. The van der Waals surface area contributed by atoms with Crippen molar-refractivity contribution in [2.75, 3.05) is 0 Å². The summed E-state index contributed by atoms with van der Waals surface area (Å²) in [5.74, 6) is 0.727. The second-order valence-corrected chi connectivity index (χ2v) is 5.11. The van der Waals surface area contributed by atoms with Gasteiger partial charge in [-0.2, -0.15) is 0 Å². The Bertz CT molecular complexity index is 534. The van der Waals surface area contributed by atoms with Gasteiger partial charge in [-0.3, -0.25) is 4.79 Å². The summed E-state index contributed by atoms with van der Waals surface area (Å²) in [7, 11) is 0. The lowest BCUT2D eigenvalue weighted by atomic mass is 10.0. The molecule has 2 rings (SSSR count). The van der Waals surface area contributed by atoms with Crippen LogP contribution in [0.1, 0.15) is 23.7 Å². The monoisotopic (exact) mass is 318 g/mol. The quantitative estimate of drug-likeness (QED) is 0.759. The molecular formula is C16H15BrO2. The van der Waals surface area contributed by atoms with Crippen molar-refractivity contribution in [2.24, 2.45) is 0 Å². The first kappa shape index (κ1) is 13.8. The molecule has 0 aliphatic heterocycles. The van der Waals surface area contributed by atoms with Crippen LogP contribution in [-0.4, -0.2) is 11.9 Å². The maximum absolute atomic E-state index is 12.3. The molecule has 0 aliphatic carbocycles. The van der Waals surface area contributed by atoms with Gasteiger partial charge in [0.25, 0.3) is 0 Å². The van der Waals surface area contributed by atoms with Crippen LogP contribution in [0, 0.1) is 0 Å². The lowest BCUT2D eigenvalue weighted by Gasteiger charge is -2.16. The van der Waals surface area contributed by atoms with Crippen molar-refractivity contribution in [2.45, 2.75) is 19.4 Å². The third-order valence-corrected chi connectivity index (χ3v) is 3.34. The summed E-state index contributed by atoms with van der Waals surface area (Å²) in [5.41, 5.74) is 0.687. The van der Waals surface area contributed by atoms with Crippen molar-refractivity contribution in [1.82, 2.24) is 0 Å². The van der Waals surface area contributed by atoms with Crippen molar-refractivity contribution in [3.05, 3.63) is 64.6 Å². The van der Waals surface area contributed by atoms with Crippen LogP contribution in [0.25, 0.3) is 0 Å². The lowest BCUT2D eigenvalue weighted by molar-refractivity contribution is 0.0786. The van der Waals surface area contributed by atoms with Crippen molar-refractivity contribution in [3.63, 3.8) is 0 Å². The molecule has 0 saturated carbocycles. The predicted molar refractivity (Wildman–Crippen MR) is 79.6 cm³/mol. The molecule has 3 heteroatoms. The Morgan fingerprint density at radius 2 is 1.74 bits per heavy atom. The Labute approximate surface area is 121 Å². The van der Waals surface area contributed by atoms with Gasteiger partial charge >= 0.3 is 0 Å². The maximum Gasteiger partial charge on any atom is 0.203 e. The molecule has 0 aromatic heterocycles. The Morgan fingerprint density at radius 1 is 1.11 bits per heavy atom. The van der Waals surface area contributed by atoms with Gasteiger partial charge < -0.3 is 4.74 Å². The van der Waals surface area contributed by atoms with Crippen molar-refractivity contribution >= 4 is 21.7 Å².